The lowest BCUT2D eigenvalue weighted by Crippen LogP contribution is -2.40. The van der Waals surface area contributed by atoms with Crippen LogP contribution in [0.3, 0.4) is 0 Å². The predicted molar refractivity (Wildman–Crippen MR) is 75.7 cm³/mol. The third-order valence-electron chi connectivity index (χ3n) is 2.98. The van der Waals surface area contributed by atoms with E-state index in [1.54, 1.807) is 30.3 Å². The van der Waals surface area contributed by atoms with Crippen molar-refractivity contribution in [2.24, 2.45) is 14.1 Å². The van der Waals surface area contributed by atoms with Crippen LogP contribution in [0.4, 0.5) is 11.5 Å². The maximum Gasteiger partial charge on any atom is 0.332 e. The maximum atomic E-state index is 12.0. The molecular weight excluding hydrogens is 260 g/mol. The van der Waals surface area contributed by atoms with Crippen molar-refractivity contribution < 1.29 is 4.79 Å². The number of carbonyl (C=O) groups is 1. The van der Waals surface area contributed by atoms with Crippen LogP contribution >= 0.6 is 0 Å². The van der Waals surface area contributed by atoms with Gasteiger partial charge in [-0.15, -0.1) is 0 Å². The molecular formula is C13H14N4O3. The average molecular weight is 274 g/mol. The molecule has 1 aromatic carbocycles. The lowest BCUT2D eigenvalue weighted by molar-refractivity contribution is 0.102. The number of carbonyl (C=O) groups excluding carboxylic acids is 1. The van der Waals surface area contributed by atoms with Gasteiger partial charge in [0.15, 0.2) is 0 Å². The number of benzene rings is 1. The van der Waals surface area contributed by atoms with Gasteiger partial charge in [0, 0.05) is 19.7 Å². The van der Waals surface area contributed by atoms with Crippen LogP contribution in [0.15, 0.2) is 39.9 Å². The van der Waals surface area contributed by atoms with Crippen LogP contribution in [-0.4, -0.2) is 15.0 Å². The van der Waals surface area contributed by atoms with Crippen molar-refractivity contribution in [3.63, 3.8) is 0 Å². The molecule has 7 heteroatoms. The topological polar surface area (TPSA) is 99.1 Å². The van der Waals surface area contributed by atoms with Gasteiger partial charge in [0.05, 0.1) is 0 Å². The fraction of sp³-hybridized carbons (Fsp3) is 0.154. The summed E-state index contributed by atoms with van der Waals surface area (Å²) in [6.45, 7) is 0. The molecule has 0 fully saturated rings. The number of aromatic nitrogens is 2. The van der Waals surface area contributed by atoms with E-state index in [2.05, 4.69) is 5.32 Å². The zero-order valence-electron chi connectivity index (χ0n) is 11.1. The highest BCUT2D eigenvalue weighted by molar-refractivity contribution is 6.05. The first-order valence-corrected chi connectivity index (χ1v) is 5.85. The smallest absolute Gasteiger partial charge is 0.332 e. The third kappa shape index (κ3) is 2.20. The zero-order chi connectivity index (χ0) is 14.9. The lowest BCUT2D eigenvalue weighted by Gasteiger charge is -2.12. The third-order valence-corrected chi connectivity index (χ3v) is 2.98. The highest BCUT2D eigenvalue weighted by Crippen LogP contribution is 2.11. The van der Waals surface area contributed by atoms with Gasteiger partial charge in [-0.25, -0.2) is 4.79 Å². The first-order valence-electron chi connectivity index (χ1n) is 5.85. The van der Waals surface area contributed by atoms with E-state index in [9.17, 15) is 14.4 Å². The predicted octanol–water partition coefficient (Wildman–Crippen LogP) is -0.0815. The van der Waals surface area contributed by atoms with Crippen LogP contribution in [0, 0.1) is 0 Å². The number of amides is 1. The molecule has 104 valence electrons. The van der Waals surface area contributed by atoms with Crippen molar-refractivity contribution in [1.82, 2.24) is 9.13 Å². The quantitative estimate of drug-likeness (QED) is 0.800. The van der Waals surface area contributed by atoms with Gasteiger partial charge in [0.1, 0.15) is 11.5 Å². The van der Waals surface area contributed by atoms with E-state index in [1.807, 2.05) is 0 Å². The Morgan fingerprint density at radius 3 is 2.30 bits per heavy atom. The molecule has 1 amide bonds. The summed E-state index contributed by atoms with van der Waals surface area (Å²) in [5, 5.41) is 2.45. The number of nitrogen functional groups attached to an aromatic ring is 1. The minimum Gasteiger partial charge on any atom is -0.383 e. The first-order chi connectivity index (χ1) is 9.43. The van der Waals surface area contributed by atoms with Crippen molar-refractivity contribution in [1.29, 1.82) is 0 Å². The highest BCUT2D eigenvalue weighted by Gasteiger charge is 2.16. The molecule has 1 heterocycles. The van der Waals surface area contributed by atoms with Gasteiger partial charge in [0.25, 0.3) is 11.5 Å². The number of nitrogens with zero attached hydrogens (tertiary/aromatic N) is 2. The number of hydrogen-bond acceptors (Lipinski definition) is 4. The standard InChI is InChI=1S/C13H14N4O3/c1-16-10(14)9(12(19)17(2)13(16)20)15-11(18)8-6-4-3-5-7-8/h3-7H,14H2,1-2H3,(H,15,18). The molecule has 0 atom stereocenters. The first kappa shape index (κ1) is 13.6. The summed E-state index contributed by atoms with van der Waals surface area (Å²) >= 11 is 0. The molecule has 20 heavy (non-hydrogen) atoms. The van der Waals surface area contributed by atoms with Crippen LogP contribution in [-0.2, 0) is 14.1 Å². The lowest BCUT2D eigenvalue weighted by atomic mass is 10.2. The van der Waals surface area contributed by atoms with Gasteiger partial charge in [-0.3, -0.25) is 18.7 Å². The Morgan fingerprint density at radius 2 is 1.70 bits per heavy atom. The van der Waals surface area contributed by atoms with Crippen molar-refractivity contribution in [3.05, 3.63) is 56.7 Å². The molecule has 0 unspecified atom stereocenters. The van der Waals surface area contributed by atoms with Crippen molar-refractivity contribution in [2.75, 3.05) is 11.1 Å². The number of rotatable bonds is 2. The Bertz CT molecular complexity index is 775. The summed E-state index contributed by atoms with van der Waals surface area (Å²) in [6.07, 6.45) is 0. The molecule has 0 radical (unpaired) electrons. The van der Waals surface area contributed by atoms with Crippen molar-refractivity contribution >= 4 is 17.4 Å². The van der Waals surface area contributed by atoms with E-state index >= 15 is 0 Å². The monoisotopic (exact) mass is 274 g/mol. The summed E-state index contributed by atoms with van der Waals surface area (Å²) in [4.78, 5) is 35.7. The van der Waals surface area contributed by atoms with E-state index in [0.29, 0.717) is 5.56 Å². The Morgan fingerprint density at radius 1 is 1.10 bits per heavy atom. The number of nitrogens with two attached hydrogens (primary N) is 1. The fourth-order valence-corrected chi connectivity index (χ4v) is 1.75. The van der Waals surface area contributed by atoms with Crippen LogP contribution in [0.1, 0.15) is 10.4 Å². The number of hydrogen-bond donors (Lipinski definition) is 2. The summed E-state index contributed by atoms with van der Waals surface area (Å²) in [7, 11) is 2.75. The number of nitrogens with one attached hydrogen (secondary N) is 1. The summed E-state index contributed by atoms with van der Waals surface area (Å²) in [5.74, 6) is -0.546. The Hall–Kier alpha value is -2.83. The second-order valence-electron chi connectivity index (χ2n) is 4.29. The van der Waals surface area contributed by atoms with Crippen molar-refractivity contribution in [3.8, 4) is 0 Å². The van der Waals surface area contributed by atoms with E-state index in [0.717, 1.165) is 9.13 Å². The van der Waals surface area contributed by atoms with Gasteiger partial charge in [-0.1, -0.05) is 18.2 Å². The summed E-state index contributed by atoms with van der Waals surface area (Å²) in [5.41, 5.74) is 4.80. The van der Waals surface area contributed by atoms with E-state index in [4.69, 9.17) is 5.73 Å². The van der Waals surface area contributed by atoms with Gasteiger partial charge in [-0.2, -0.15) is 0 Å². The molecule has 2 rings (SSSR count). The average Bonchev–Trinajstić information content (AvgIpc) is 2.48. The molecule has 2 aromatic rings. The second kappa shape index (κ2) is 5.04. The summed E-state index contributed by atoms with van der Waals surface area (Å²) < 4.78 is 1.99. The molecule has 7 nitrogen and oxygen atoms in total. The van der Waals surface area contributed by atoms with Gasteiger partial charge < -0.3 is 11.1 Å². The Labute approximate surface area is 114 Å². The van der Waals surface area contributed by atoms with E-state index in [-0.39, 0.29) is 11.5 Å². The van der Waals surface area contributed by atoms with Gasteiger partial charge in [-0.05, 0) is 12.1 Å². The largest absolute Gasteiger partial charge is 0.383 e. The second-order valence-corrected chi connectivity index (χ2v) is 4.29. The van der Waals surface area contributed by atoms with Crippen LogP contribution in [0.2, 0.25) is 0 Å². The molecule has 0 aliphatic rings. The van der Waals surface area contributed by atoms with Crippen LogP contribution < -0.4 is 22.3 Å². The fourth-order valence-electron chi connectivity index (χ4n) is 1.75. The van der Waals surface area contributed by atoms with Gasteiger partial charge in [0.2, 0.25) is 0 Å². The number of anilines is 2. The molecule has 0 aliphatic carbocycles. The normalized spacial score (nSPS) is 10.3. The molecule has 1 aromatic heterocycles. The van der Waals surface area contributed by atoms with Crippen LogP contribution in [0.5, 0.6) is 0 Å². The molecule has 0 spiro atoms. The molecule has 0 bridgehead atoms. The SMILES string of the molecule is Cn1c(N)c(NC(=O)c2ccccc2)c(=O)n(C)c1=O. The molecule has 0 saturated heterocycles. The maximum absolute atomic E-state index is 12.0. The van der Waals surface area contributed by atoms with E-state index < -0.39 is 17.2 Å². The molecule has 0 aliphatic heterocycles. The van der Waals surface area contributed by atoms with E-state index in [1.165, 1.54) is 14.1 Å². The Kier molecular flexibility index (Phi) is 3.43. The van der Waals surface area contributed by atoms with Crippen LogP contribution in [0.25, 0.3) is 0 Å². The van der Waals surface area contributed by atoms with Gasteiger partial charge >= 0.3 is 5.69 Å². The van der Waals surface area contributed by atoms with Crippen molar-refractivity contribution in [2.45, 2.75) is 0 Å². The summed E-state index contributed by atoms with van der Waals surface area (Å²) in [6, 6.07) is 8.40. The Balaban J connectivity index is 2.48. The zero-order valence-corrected chi connectivity index (χ0v) is 11.1. The molecule has 0 saturated carbocycles. The molecule has 3 N–H and O–H groups in total. The minimum absolute atomic E-state index is 0.0811. The minimum atomic E-state index is -0.644. The highest BCUT2D eigenvalue weighted by atomic mass is 16.2.